The molecule has 2 saturated heterocycles. The molecule has 1 unspecified atom stereocenters. The molecule has 2 nitrogen and oxygen atoms in total. The fourth-order valence-corrected chi connectivity index (χ4v) is 4.52. The van der Waals surface area contributed by atoms with Crippen LogP contribution in [0.5, 0.6) is 0 Å². The van der Waals surface area contributed by atoms with Gasteiger partial charge in [0.25, 0.3) is 0 Å². The molecular weight excluding hydrogens is 292 g/mol. The summed E-state index contributed by atoms with van der Waals surface area (Å²) in [5.74, 6) is 1.88. The standard InChI is InChI=1S/C22H36N2/c1-2-20-10-15-23(16-11-20)13-6-7-14-24-17-12-22(19-24)18-21-8-4-3-5-9-21/h3-5,8-9,20,22H,2,6-7,10-19H2,1H3. The van der Waals surface area contributed by atoms with Crippen LogP contribution in [0.1, 0.15) is 51.0 Å². The highest BCUT2D eigenvalue weighted by atomic mass is 15.1. The second-order valence-corrected chi connectivity index (χ2v) is 8.05. The van der Waals surface area contributed by atoms with E-state index in [2.05, 4.69) is 47.1 Å². The lowest BCUT2D eigenvalue weighted by atomic mass is 9.94. The molecule has 0 N–H and O–H groups in total. The number of rotatable bonds is 8. The molecule has 0 amide bonds. The molecule has 0 radical (unpaired) electrons. The minimum atomic E-state index is 0.875. The molecular formula is C22H36N2. The molecule has 0 aromatic heterocycles. The molecule has 1 aromatic rings. The van der Waals surface area contributed by atoms with E-state index < -0.39 is 0 Å². The van der Waals surface area contributed by atoms with Crippen molar-refractivity contribution in [1.82, 2.24) is 9.80 Å². The average Bonchev–Trinajstić information content (AvgIpc) is 3.07. The van der Waals surface area contributed by atoms with Crippen LogP contribution in [0.2, 0.25) is 0 Å². The Kier molecular flexibility index (Phi) is 7.16. The van der Waals surface area contributed by atoms with Crippen LogP contribution in [0.15, 0.2) is 30.3 Å². The van der Waals surface area contributed by atoms with Crippen molar-refractivity contribution in [3.05, 3.63) is 35.9 Å². The van der Waals surface area contributed by atoms with Crippen molar-refractivity contribution in [3.63, 3.8) is 0 Å². The van der Waals surface area contributed by atoms with Crippen molar-refractivity contribution in [2.24, 2.45) is 11.8 Å². The summed E-state index contributed by atoms with van der Waals surface area (Å²) in [5, 5.41) is 0. The maximum absolute atomic E-state index is 2.71. The second-order valence-electron chi connectivity index (χ2n) is 8.05. The first-order valence-corrected chi connectivity index (χ1v) is 10.3. The quantitative estimate of drug-likeness (QED) is 0.650. The van der Waals surface area contributed by atoms with Crippen molar-refractivity contribution >= 4 is 0 Å². The molecule has 2 heterocycles. The van der Waals surface area contributed by atoms with E-state index in [4.69, 9.17) is 0 Å². The molecule has 0 aliphatic carbocycles. The molecule has 2 aliphatic heterocycles. The van der Waals surface area contributed by atoms with E-state index in [1.165, 1.54) is 89.8 Å². The van der Waals surface area contributed by atoms with Crippen LogP contribution >= 0.6 is 0 Å². The zero-order chi connectivity index (χ0) is 16.6. The van der Waals surface area contributed by atoms with Gasteiger partial charge in [0, 0.05) is 6.54 Å². The SMILES string of the molecule is CCC1CCN(CCCCN2CCC(Cc3ccccc3)C2)CC1. The van der Waals surface area contributed by atoms with Gasteiger partial charge in [-0.2, -0.15) is 0 Å². The molecule has 1 atom stereocenters. The largest absolute Gasteiger partial charge is 0.303 e. The number of piperidine rings is 1. The van der Waals surface area contributed by atoms with Gasteiger partial charge in [-0.3, -0.25) is 0 Å². The highest BCUT2D eigenvalue weighted by Crippen LogP contribution is 2.22. The number of benzene rings is 1. The number of likely N-dealkylation sites (tertiary alicyclic amines) is 2. The number of hydrogen-bond donors (Lipinski definition) is 0. The Morgan fingerprint density at radius 1 is 0.833 bits per heavy atom. The summed E-state index contributed by atoms with van der Waals surface area (Å²) >= 11 is 0. The molecule has 2 aliphatic rings. The Morgan fingerprint density at radius 2 is 1.46 bits per heavy atom. The Morgan fingerprint density at radius 3 is 2.17 bits per heavy atom. The first-order chi connectivity index (χ1) is 11.8. The number of nitrogens with zero attached hydrogens (tertiary/aromatic N) is 2. The predicted octanol–water partition coefficient (Wildman–Crippen LogP) is 4.45. The van der Waals surface area contributed by atoms with Gasteiger partial charge in [0.2, 0.25) is 0 Å². The van der Waals surface area contributed by atoms with Gasteiger partial charge in [-0.15, -0.1) is 0 Å². The summed E-state index contributed by atoms with van der Waals surface area (Å²) < 4.78 is 0. The van der Waals surface area contributed by atoms with Gasteiger partial charge in [0.15, 0.2) is 0 Å². The molecule has 1 aromatic carbocycles. The third-order valence-corrected chi connectivity index (χ3v) is 6.22. The van der Waals surface area contributed by atoms with E-state index in [0.29, 0.717) is 0 Å². The maximum Gasteiger partial charge on any atom is 0.00133 e. The third-order valence-electron chi connectivity index (χ3n) is 6.22. The molecule has 0 saturated carbocycles. The van der Waals surface area contributed by atoms with E-state index in [1.807, 2.05) is 0 Å². The van der Waals surface area contributed by atoms with Crippen LogP contribution in [0.3, 0.4) is 0 Å². The van der Waals surface area contributed by atoms with Crippen molar-refractivity contribution in [2.75, 3.05) is 39.3 Å². The third kappa shape index (κ3) is 5.60. The van der Waals surface area contributed by atoms with Gasteiger partial charge in [0.1, 0.15) is 0 Å². The Balaban J connectivity index is 1.26. The van der Waals surface area contributed by atoms with Crippen molar-refractivity contribution < 1.29 is 0 Å². The van der Waals surface area contributed by atoms with Crippen LogP contribution in [-0.2, 0) is 6.42 Å². The van der Waals surface area contributed by atoms with Crippen LogP contribution < -0.4 is 0 Å². The Hall–Kier alpha value is -0.860. The predicted molar refractivity (Wildman–Crippen MR) is 103 cm³/mol. The summed E-state index contributed by atoms with van der Waals surface area (Å²) in [7, 11) is 0. The van der Waals surface area contributed by atoms with E-state index >= 15 is 0 Å². The van der Waals surface area contributed by atoms with Crippen molar-refractivity contribution in [1.29, 1.82) is 0 Å². The first kappa shape index (κ1) is 17.9. The van der Waals surface area contributed by atoms with Crippen LogP contribution in [0.4, 0.5) is 0 Å². The maximum atomic E-state index is 2.71. The first-order valence-electron chi connectivity index (χ1n) is 10.3. The van der Waals surface area contributed by atoms with Gasteiger partial charge in [-0.05, 0) is 88.6 Å². The van der Waals surface area contributed by atoms with Crippen molar-refractivity contribution in [3.8, 4) is 0 Å². The highest BCUT2D eigenvalue weighted by molar-refractivity contribution is 5.15. The van der Waals surface area contributed by atoms with Gasteiger partial charge >= 0.3 is 0 Å². The molecule has 0 spiro atoms. The highest BCUT2D eigenvalue weighted by Gasteiger charge is 2.22. The zero-order valence-electron chi connectivity index (χ0n) is 15.6. The van der Waals surface area contributed by atoms with Crippen LogP contribution in [0, 0.1) is 11.8 Å². The van der Waals surface area contributed by atoms with E-state index in [1.54, 1.807) is 0 Å². The Labute approximate surface area is 149 Å². The lowest BCUT2D eigenvalue weighted by molar-refractivity contribution is 0.176. The van der Waals surface area contributed by atoms with Crippen molar-refractivity contribution in [2.45, 2.75) is 51.9 Å². The monoisotopic (exact) mass is 328 g/mol. The molecule has 3 rings (SSSR count). The normalized spacial score (nSPS) is 23.8. The van der Waals surface area contributed by atoms with Crippen LogP contribution in [-0.4, -0.2) is 49.1 Å². The van der Waals surface area contributed by atoms with E-state index in [-0.39, 0.29) is 0 Å². The molecule has 2 heteroatoms. The number of unbranched alkanes of at least 4 members (excludes halogenated alkanes) is 1. The van der Waals surface area contributed by atoms with Gasteiger partial charge in [-0.25, -0.2) is 0 Å². The molecule has 134 valence electrons. The minimum absolute atomic E-state index is 0.875. The second kappa shape index (κ2) is 9.58. The summed E-state index contributed by atoms with van der Waals surface area (Å²) in [5.41, 5.74) is 1.51. The summed E-state index contributed by atoms with van der Waals surface area (Å²) in [4.78, 5) is 5.41. The zero-order valence-corrected chi connectivity index (χ0v) is 15.6. The van der Waals surface area contributed by atoms with Gasteiger partial charge < -0.3 is 9.80 Å². The van der Waals surface area contributed by atoms with E-state index in [0.717, 1.165) is 11.8 Å². The topological polar surface area (TPSA) is 6.48 Å². The smallest absolute Gasteiger partial charge is 0.00133 e. The summed E-state index contributed by atoms with van der Waals surface area (Å²) in [6, 6.07) is 11.0. The van der Waals surface area contributed by atoms with Gasteiger partial charge in [-0.1, -0.05) is 43.7 Å². The van der Waals surface area contributed by atoms with Crippen LogP contribution in [0.25, 0.3) is 0 Å². The molecule has 0 bridgehead atoms. The molecule has 2 fully saturated rings. The average molecular weight is 329 g/mol. The fraction of sp³-hybridized carbons (Fsp3) is 0.727. The lowest BCUT2D eigenvalue weighted by Crippen LogP contribution is -2.34. The van der Waals surface area contributed by atoms with E-state index in [9.17, 15) is 0 Å². The molecule has 24 heavy (non-hydrogen) atoms. The van der Waals surface area contributed by atoms with Gasteiger partial charge in [0.05, 0.1) is 0 Å². The lowest BCUT2D eigenvalue weighted by Gasteiger charge is -2.31. The summed E-state index contributed by atoms with van der Waals surface area (Å²) in [6.45, 7) is 10.3. The Bertz CT molecular complexity index is 450. The fourth-order valence-electron chi connectivity index (χ4n) is 4.52. The summed E-state index contributed by atoms with van der Waals surface area (Å²) in [6.07, 6.45) is 9.67. The number of hydrogen-bond acceptors (Lipinski definition) is 2. The minimum Gasteiger partial charge on any atom is -0.303 e.